The number of nitrogens with one attached hydrogen (secondary N) is 2. The second kappa shape index (κ2) is 16.0. The highest BCUT2D eigenvalue weighted by molar-refractivity contribution is 7.15. The summed E-state index contributed by atoms with van der Waals surface area (Å²) in [5.41, 5.74) is 0.174. The van der Waals surface area contributed by atoms with Gasteiger partial charge in [-0.25, -0.2) is 10.2 Å². The fraction of sp³-hybridized carbons (Fsp3) is 0.500. The first-order valence-electron chi connectivity index (χ1n) is 8.73. The third kappa shape index (κ3) is 8.37. The van der Waals surface area contributed by atoms with Crippen molar-refractivity contribution in [3.8, 4) is 0 Å². The van der Waals surface area contributed by atoms with E-state index in [0.29, 0.717) is 24.6 Å². The molecule has 1 saturated heterocycles. The highest BCUT2D eigenvalue weighted by Crippen LogP contribution is 2.30. The molecule has 0 amide bonds. The Bertz CT molecular complexity index is 848. The van der Waals surface area contributed by atoms with E-state index in [1.807, 2.05) is 6.66 Å². The van der Waals surface area contributed by atoms with Crippen LogP contribution in [0.15, 0.2) is 23.8 Å². The number of anilines is 1. The summed E-state index contributed by atoms with van der Waals surface area (Å²) in [7, 11) is 4.10. The summed E-state index contributed by atoms with van der Waals surface area (Å²) < 4.78 is 10.9. The topological polar surface area (TPSA) is 201 Å². The van der Waals surface area contributed by atoms with Gasteiger partial charge in [0.1, 0.15) is 12.3 Å². The molecule has 5 N–H and O–H groups in total. The van der Waals surface area contributed by atoms with Crippen molar-refractivity contribution < 1.29 is 50.1 Å². The van der Waals surface area contributed by atoms with E-state index >= 15 is 0 Å². The molecule has 2 aromatic heterocycles. The molecule has 182 valence electrons. The smallest absolute Gasteiger partial charge is 0.280 e. The van der Waals surface area contributed by atoms with Crippen molar-refractivity contribution in [2.45, 2.75) is 24.9 Å². The van der Waals surface area contributed by atoms with Crippen LogP contribution in [0.5, 0.6) is 0 Å². The lowest BCUT2D eigenvalue weighted by Gasteiger charge is -2.13. The summed E-state index contributed by atoms with van der Waals surface area (Å²) in [5, 5.41) is 45.8. The maximum Gasteiger partial charge on any atom is 0.280 e. The van der Waals surface area contributed by atoms with E-state index in [9.17, 15) is 9.90 Å². The number of nitrogens with zero attached hydrogens (tertiary/aromatic N) is 3. The van der Waals surface area contributed by atoms with Gasteiger partial charge in [0.05, 0.1) is 19.0 Å². The van der Waals surface area contributed by atoms with E-state index in [1.165, 1.54) is 6.33 Å². The number of rotatable bonds is 10. The molecule has 3 rings (SSSR count). The SMILES string of the molecule is C=CCNc1nc2c(ncn2[C@H]2CC(O)[C@@H](CO)O2)c(=O)[nH]1.CP.OOOOOOOP. The lowest BCUT2D eigenvalue weighted by atomic mass is 10.2. The van der Waals surface area contributed by atoms with Crippen molar-refractivity contribution in [3.63, 3.8) is 0 Å². The second-order valence-corrected chi connectivity index (χ2v) is 5.66. The number of hydrogen-bond donors (Lipinski definition) is 5. The summed E-state index contributed by atoms with van der Waals surface area (Å²) >= 11 is 0. The minimum absolute atomic E-state index is 0.190. The third-order valence-corrected chi connectivity index (χ3v) is 3.77. The van der Waals surface area contributed by atoms with Crippen LogP contribution < -0.4 is 10.9 Å². The molecular weight excluding hydrogens is 476 g/mol. The van der Waals surface area contributed by atoms with E-state index in [0.717, 1.165) is 0 Å². The number of ether oxygens (including phenoxy) is 1. The van der Waals surface area contributed by atoms with Crippen molar-refractivity contribution in [2.24, 2.45) is 0 Å². The van der Waals surface area contributed by atoms with Crippen LogP contribution in [0.1, 0.15) is 12.6 Å². The highest BCUT2D eigenvalue weighted by atomic mass is 31.0. The Labute approximate surface area is 185 Å². The van der Waals surface area contributed by atoms with Gasteiger partial charge < -0.3 is 20.3 Å². The molecular formula is C14H25N5O11P2. The highest BCUT2D eigenvalue weighted by Gasteiger charge is 2.35. The predicted octanol–water partition coefficient (Wildman–Crippen LogP) is -0.226. The molecule has 32 heavy (non-hydrogen) atoms. The first-order chi connectivity index (χ1) is 15.5. The summed E-state index contributed by atoms with van der Waals surface area (Å²) in [6.07, 6.45) is 1.43. The van der Waals surface area contributed by atoms with Crippen LogP contribution in [0.2, 0.25) is 0 Å². The molecule has 16 nitrogen and oxygen atoms in total. The molecule has 0 aromatic carbocycles. The van der Waals surface area contributed by atoms with Crippen molar-refractivity contribution in [1.82, 2.24) is 19.5 Å². The Morgan fingerprint density at radius 3 is 2.72 bits per heavy atom. The molecule has 0 aliphatic carbocycles. The van der Waals surface area contributed by atoms with Crippen LogP contribution in [0.4, 0.5) is 5.95 Å². The summed E-state index contributed by atoms with van der Waals surface area (Å²) in [5.74, 6) is 0.302. The van der Waals surface area contributed by atoms with E-state index in [-0.39, 0.29) is 17.7 Å². The molecule has 2 aromatic rings. The zero-order chi connectivity index (χ0) is 23.9. The molecule has 0 spiro atoms. The zero-order valence-electron chi connectivity index (χ0n) is 16.8. The van der Waals surface area contributed by atoms with Gasteiger partial charge in [0.25, 0.3) is 5.56 Å². The Balaban J connectivity index is 0.000000436. The van der Waals surface area contributed by atoms with E-state index < -0.39 is 18.4 Å². The molecule has 0 bridgehead atoms. The van der Waals surface area contributed by atoms with Gasteiger partial charge in [-0.15, -0.1) is 15.8 Å². The Morgan fingerprint density at radius 2 is 2.12 bits per heavy atom. The molecule has 18 heteroatoms. The van der Waals surface area contributed by atoms with Crippen LogP contribution in [-0.4, -0.2) is 67.0 Å². The average Bonchev–Trinajstić information content (AvgIpc) is 3.40. The fourth-order valence-corrected chi connectivity index (χ4v) is 2.52. The monoisotopic (exact) mass is 501 g/mol. The van der Waals surface area contributed by atoms with Crippen molar-refractivity contribution in [3.05, 3.63) is 29.3 Å². The number of aliphatic hydroxyl groups excluding tert-OH is 2. The number of aromatic amines is 1. The quantitative estimate of drug-likeness (QED) is 0.0940. The van der Waals surface area contributed by atoms with Gasteiger partial charge in [0, 0.05) is 22.4 Å². The maximum atomic E-state index is 12.0. The Kier molecular flexibility index (Phi) is 14.2. The number of imidazole rings is 1. The standard InChI is InChI=1S/C13H17N5O4.CH5P.H3O7P/c1-2-3-14-13-16-11-10(12(21)17-13)15-6-18(11)9-4-7(20)8(5-19)22-9;1-2;1-2-3-4-5-6-7-8/h2,6-9,19-20H,1,3-5H2,(H2,14,16,17,21);2H2,1H3;1H,8H2/t7?,8-,9-;;/m1../s1. The van der Waals surface area contributed by atoms with Crippen molar-refractivity contribution in [2.75, 3.05) is 25.1 Å². The predicted molar refractivity (Wildman–Crippen MR) is 113 cm³/mol. The van der Waals surface area contributed by atoms with Crippen LogP contribution in [0, 0.1) is 0 Å². The zero-order valence-corrected chi connectivity index (χ0v) is 19.1. The maximum absolute atomic E-state index is 12.0. The van der Waals surface area contributed by atoms with Crippen LogP contribution in [-0.2, 0) is 34.6 Å². The molecule has 0 saturated carbocycles. The van der Waals surface area contributed by atoms with Gasteiger partial charge in [0.2, 0.25) is 5.95 Å². The molecule has 5 atom stereocenters. The van der Waals surface area contributed by atoms with Gasteiger partial charge in [-0.3, -0.25) is 14.3 Å². The van der Waals surface area contributed by atoms with Crippen LogP contribution in [0.3, 0.4) is 0 Å². The lowest BCUT2D eigenvalue weighted by molar-refractivity contribution is -0.778. The summed E-state index contributed by atoms with van der Waals surface area (Å²) in [6, 6.07) is 0. The first-order valence-corrected chi connectivity index (χ1v) is 10.4. The lowest BCUT2D eigenvalue weighted by Crippen LogP contribution is -2.24. The van der Waals surface area contributed by atoms with Gasteiger partial charge in [0.15, 0.2) is 11.2 Å². The van der Waals surface area contributed by atoms with E-state index in [4.69, 9.17) is 15.1 Å². The number of aromatic nitrogens is 4. The Morgan fingerprint density at radius 1 is 1.41 bits per heavy atom. The normalized spacial score (nSPS) is 19.6. The number of aliphatic hydroxyl groups is 2. The molecule has 0 radical (unpaired) electrons. The van der Waals surface area contributed by atoms with E-state index in [1.54, 1.807) is 20.1 Å². The van der Waals surface area contributed by atoms with E-state index in [2.05, 4.69) is 66.0 Å². The molecule has 1 fully saturated rings. The van der Waals surface area contributed by atoms with Gasteiger partial charge in [-0.05, 0) is 25.2 Å². The summed E-state index contributed by atoms with van der Waals surface area (Å²) in [6.45, 7) is 5.68. The average molecular weight is 501 g/mol. The number of hydrogen-bond acceptors (Lipinski definition) is 14. The molecule has 3 unspecified atom stereocenters. The van der Waals surface area contributed by atoms with Crippen LogP contribution >= 0.6 is 18.7 Å². The molecule has 1 aliphatic rings. The Hall–Kier alpha value is -1.65. The first kappa shape index (κ1) is 28.4. The molecule has 1 aliphatic heterocycles. The minimum atomic E-state index is -0.771. The van der Waals surface area contributed by atoms with Gasteiger partial charge >= 0.3 is 0 Å². The van der Waals surface area contributed by atoms with Gasteiger partial charge in [-0.2, -0.15) is 9.66 Å². The van der Waals surface area contributed by atoms with Gasteiger partial charge in [-0.1, -0.05) is 12.7 Å². The second-order valence-electron chi connectivity index (χ2n) is 5.47. The van der Waals surface area contributed by atoms with Crippen LogP contribution in [0.25, 0.3) is 11.2 Å². The molecule has 3 heterocycles. The number of fused-ring (bicyclic) bond motifs is 1. The van der Waals surface area contributed by atoms with Crippen molar-refractivity contribution in [1.29, 1.82) is 0 Å². The minimum Gasteiger partial charge on any atom is -0.394 e. The fourth-order valence-electron chi connectivity index (χ4n) is 2.49. The third-order valence-electron chi connectivity index (χ3n) is 3.69. The number of H-pyrrole nitrogens is 1. The summed E-state index contributed by atoms with van der Waals surface area (Å²) in [4.78, 5) is 23.0. The largest absolute Gasteiger partial charge is 0.394 e. The van der Waals surface area contributed by atoms with Crippen molar-refractivity contribution >= 4 is 35.8 Å².